The molecule has 1 aromatic rings. The molecule has 1 aliphatic rings. The summed E-state index contributed by atoms with van der Waals surface area (Å²) in [6.45, 7) is 2.92. The highest BCUT2D eigenvalue weighted by Crippen LogP contribution is 2.17. The Bertz CT molecular complexity index is 641. The van der Waals surface area contributed by atoms with E-state index < -0.39 is 29.8 Å². The van der Waals surface area contributed by atoms with Gasteiger partial charge in [0, 0.05) is 6.04 Å². The van der Waals surface area contributed by atoms with E-state index in [0.29, 0.717) is 5.56 Å². The second-order valence-electron chi connectivity index (χ2n) is 5.96. The third kappa shape index (κ3) is 4.78. The van der Waals surface area contributed by atoms with Gasteiger partial charge in [-0.1, -0.05) is 18.9 Å². The maximum Gasteiger partial charge on any atom is 0.339 e. The molecule has 1 aliphatic carbocycles. The molecule has 6 nitrogen and oxygen atoms in total. The topological polar surface area (TPSA) is 84.5 Å². The molecule has 0 aliphatic heterocycles. The van der Waals surface area contributed by atoms with Crippen LogP contribution in [0, 0.1) is 12.7 Å². The van der Waals surface area contributed by atoms with E-state index in [2.05, 4.69) is 10.6 Å². The van der Waals surface area contributed by atoms with Crippen molar-refractivity contribution in [2.45, 2.75) is 51.7 Å². The molecule has 0 aromatic heterocycles. The van der Waals surface area contributed by atoms with Crippen molar-refractivity contribution in [2.75, 3.05) is 0 Å². The summed E-state index contributed by atoms with van der Waals surface area (Å²) in [6, 6.07) is 3.39. The highest BCUT2D eigenvalue weighted by molar-refractivity contribution is 5.98. The average Bonchev–Trinajstić information content (AvgIpc) is 3.02. The van der Waals surface area contributed by atoms with Crippen LogP contribution in [0.4, 0.5) is 9.18 Å². The van der Waals surface area contributed by atoms with Gasteiger partial charge in [-0.25, -0.2) is 14.0 Å². The van der Waals surface area contributed by atoms with E-state index in [1.165, 1.54) is 19.1 Å². The number of urea groups is 1. The van der Waals surface area contributed by atoms with Crippen LogP contribution in [-0.2, 0) is 9.53 Å². The first-order valence-corrected chi connectivity index (χ1v) is 7.95. The third-order valence-corrected chi connectivity index (χ3v) is 3.99. The van der Waals surface area contributed by atoms with Crippen molar-refractivity contribution in [1.29, 1.82) is 0 Å². The van der Waals surface area contributed by atoms with E-state index in [-0.39, 0.29) is 11.6 Å². The number of nitrogens with one attached hydrogen (secondary N) is 2. The lowest BCUT2D eigenvalue weighted by molar-refractivity contribution is -0.127. The summed E-state index contributed by atoms with van der Waals surface area (Å²) < 4.78 is 18.4. The number of halogens is 1. The Labute approximate surface area is 139 Å². The summed E-state index contributed by atoms with van der Waals surface area (Å²) in [4.78, 5) is 35.5. The normalized spacial score (nSPS) is 15.6. The summed E-state index contributed by atoms with van der Waals surface area (Å²) >= 11 is 0. The molecule has 2 N–H and O–H groups in total. The molecule has 0 saturated heterocycles. The summed E-state index contributed by atoms with van der Waals surface area (Å²) in [6.07, 6.45) is 2.73. The Morgan fingerprint density at radius 3 is 2.54 bits per heavy atom. The molecule has 1 saturated carbocycles. The predicted octanol–water partition coefficient (Wildman–Crippen LogP) is 2.45. The average molecular weight is 336 g/mol. The minimum absolute atomic E-state index is 0.00755. The molecule has 0 radical (unpaired) electrons. The Morgan fingerprint density at radius 2 is 1.92 bits per heavy atom. The van der Waals surface area contributed by atoms with Crippen molar-refractivity contribution in [3.8, 4) is 0 Å². The van der Waals surface area contributed by atoms with E-state index in [0.717, 1.165) is 31.7 Å². The van der Waals surface area contributed by atoms with Crippen LogP contribution >= 0.6 is 0 Å². The van der Waals surface area contributed by atoms with Gasteiger partial charge in [0.05, 0.1) is 5.56 Å². The number of imide groups is 1. The molecule has 1 fully saturated rings. The Balaban J connectivity index is 1.84. The van der Waals surface area contributed by atoms with Crippen LogP contribution in [-0.4, -0.2) is 30.1 Å². The lowest BCUT2D eigenvalue weighted by atomic mass is 10.1. The van der Waals surface area contributed by atoms with Crippen molar-refractivity contribution in [3.63, 3.8) is 0 Å². The van der Waals surface area contributed by atoms with Gasteiger partial charge in [-0.15, -0.1) is 0 Å². The summed E-state index contributed by atoms with van der Waals surface area (Å²) in [7, 11) is 0. The van der Waals surface area contributed by atoms with Crippen LogP contribution in [0.25, 0.3) is 0 Å². The monoisotopic (exact) mass is 336 g/mol. The zero-order valence-electron chi connectivity index (χ0n) is 13.7. The second kappa shape index (κ2) is 7.90. The van der Waals surface area contributed by atoms with Gasteiger partial charge in [0.1, 0.15) is 5.82 Å². The number of benzene rings is 1. The molecule has 0 unspecified atom stereocenters. The molecule has 1 aromatic carbocycles. The van der Waals surface area contributed by atoms with Gasteiger partial charge in [-0.2, -0.15) is 0 Å². The number of carbonyl (C=O) groups excluding carboxylic acids is 3. The molecule has 3 amide bonds. The largest absolute Gasteiger partial charge is 0.449 e. The number of hydrogen-bond donors (Lipinski definition) is 2. The van der Waals surface area contributed by atoms with Gasteiger partial charge in [0.25, 0.3) is 5.91 Å². The third-order valence-electron chi connectivity index (χ3n) is 3.99. The number of aryl methyl sites for hydroxylation is 1. The van der Waals surface area contributed by atoms with Crippen molar-refractivity contribution in [3.05, 3.63) is 35.1 Å². The van der Waals surface area contributed by atoms with Gasteiger partial charge in [0.2, 0.25) is 0 Å². The summed E-state index contributed by atoms with van der Waals surface area (Å²) in [5.41, 5.74) is 0.411. The SMILES string of the molecule is Cc1ccc(C(=O)O[C@@H](C)C(=O)NC(=O)NC2CCCC2)cc1F. The van der Waals surface area contributed by atoms with Crippen LogP contribution in [0.2, 0.25) is 0 Å². The van der Waals surface area contributed by atoms with Crippen LogP contribution in [0.3, 0.4) is 0 Å². The molecule has 0 bridgehead atoms. The van der Waals surface area contributed by atoms with Gasteiger partial charge >= 0.3 is 12.0 Å². The second-order valence-corrected chi connectivity index (χ2v) is 5.96. The number of ether oxygens (including phenoxy) is 1. The number of carbonyl (C=O) groups is 3. The summed E-state index contributed by atoms with van der Waals surface area (Å²) in [5, 5.41) is 4.85. The maximum absolute atomic E-state index is 13.5. The molecule has 0 spiro atoms. The number of rotatable bonds is 4. The van der Waals surface area contributed by atoms with Gasteiger partial charge in [0.15, 0.2) is 6.10 Å². The number of amides is 3. The molecule has 2 rings (SSSR count). The van der Waals surface area contributed by atoms with Crippen LogP contribution < -0.4 is 10.6 Å². The van der Waals surface area contributed by atoms with E-state index in [9.17, 15) is 18.8 Å². The maximum atomic E-state index is 13.5. The van der Waals surface area contributed by atoms with E-state index in [1.807, 2.05) is 0 Å². The fourth-order valence-corrected chi connectivity index (χ4v) is 2.51. The standard InChI is InChI=1S/C17H21FN2O4/c1-10-7-8-12(9-14(10)18)16(22)24-11(2)15(21)20-17(23)19-13-5-3-4-6-13/h7-9,11,13H,3-6H2,1-2H3,(H2,19,20,21,23)/t11-/m0/s1. The molecule has 0 heterocycles. The van der Waals surface area contributed by atoms with Crippen LogP contribution in [0.1, 0.15) is 48.5 Å². The zero-order valence-corrected chi connectivity index (χ0v) is 13.7. The first-order valence-electron chi connectivity index (χ1n) is 7.95. The smallest absolute Gasteiger partial charge is 0.339 e. The van der Waals surface area contributed by atoms with Crippen molar-refractivity contribution in [1.82, 2.24) is 10.6 Å². The molecule has 7 heteroatoms. The van der Waals surface area contributed by atoms with Crippen LogP contribution in [0.15, 0.2) is 18.2 Å². The summed E-state index contributed by atoms with van der Waals surface area (Å²) in [5.74, 6) is -2.09. The van der Waals surface area contributed by atoms with Crippen LogP contribution in [0.5, 0.6) is 0 Å². The fraction of sp³-hybridized carbons (Fsp3) is 0.471. The number of hydrogen-bond acceptors (Lipinski definition) is 4. The lowest BCUT2D eigenvalue weighted by Crippen LogP contribution is -2.47. The fourth-order valence-electron chi connectivity index (χ4n) is 2.51. The zero-order chi connectivity index (χ0) is 17.7. The van der Waals surface area contributed by atoms with E-state index in [1.54, 1.807) is 6.92 Å². The van der Waals surface area contributed by atoms with Crippen molar-refractivity contribution >= 4 is 17.9 Å². The van der Waals surface area contributed by atoms with Gasteiger partial charge in [-0.05, 0) is 44.4 Å². The number of esters is 1. The van der Waals surface area contributed by atoms with Crippen molar-refractivity contribution in [2.24, 2.45) is 0 Å². The predicted molar refractivity (Wildman–Crippen MR) is 84.9 cm³/mol. The highest BCUT2D eigenvalue weighted by Gasteiger charge is 2.23. The van der Waals surface area contributed by atoms with E-state index >= 15 is 0 Å². The Morgan fingerprint density at radius 1 is 1.25 bits per heavy atom. The molecule has 24 heavy (non-hydrogen) atoms. The first kappa shape index (κ1) is 17.9. The Kier molecular flexibility index (Phi) is 5.89. The van der Waals surface area contributed by atoms with Crippen molar-refractivity contribution < 1.29 is 23.5 Å². The minimum atomic E-state index is -1.17. The lowest BCUT2D eigenvalue weighted by Gasteiger charge is -2.15. The van der Waals surface area contributed by atoms with Gasteiger partial charge < -0.3 is 10.1 Å². The quantitative estimate of drug-likeness (QED) is 0.827. The molecular formula is C17H21FN2O4. The Hall–Kier alpha value is -2.44. The van der Waals surface area contributed by atoms with Gasteiger partial charge in [-0.3, -0.25) is 10.1 Å². The molecular weight excluding hydrogens is 315 g/mol. The molecule has 1 atom stereocenters. The highest BCUT2D eigenvalue weighted by atomic mass is 19.1. The van der Waals surface area contributed by atoms with E-state index in [4.69, 9.17) is 4.74 Å². The first-order chi connectivity index (χ1) is 11.4. The minimum Gasteiger partial charge on any atom is -0.449 e. The molecule has 130 valence electrons.